The molecule has 0 saturated heterocycles. The average molecular weight is 374 g/mol. The van der Waals surface area contributed by atoms with Crippen LogP contribution in [0.15, 0.2) is 45.6 Å². The van der Waals surface area contributed by atoms with Gasteiger partial charge in [0.25, 0.3) is 0 Å². The standard InChI is InChI=1S/C17H12BrNO4/c1-20-10-6-12-16-13(8-22-19-16)11-4-3-9(18)5-14(11)23-17(12)15(7-10)21-2/h3-8H,1-2H3. The fourth-order valence-electron chi connectivity index (χ4n) is 2.66. The minimum Gasteiger partial charge on any atom is -0.497 e. The first-order chi connectivity index (χ1) is 11.2. The van der Waals surface area contributed by atoms with Gasteiger partial charge in [0.15, 0.2) is 11.5 Å². The molecule has 2 aromatic carbocycles. The van der Waals surface area contributed by atoms with E-state index in [1.807, 2.05) is 24.3 Å². The predicted molar refractivity (Wildman–Crippen MR) is 88.3 cm³/mol. The summed E-state index contributed by atoms with van der Waals surface area (Å²) < 4.78 is 23.1. The smallest absolute Gasteiger partial charge is 0.179 e. The van der Waals surface area contributed by atoms with Crippen molar-refractivity contribution in [2.75, 3.05) is 14.2 Å². The van der Waals surface area contributed by atoms with E-state index in [4.69, 9.17) is 18.7 Å². The first-order valence-corrected chi connectivity index (χ1v) is 7.69. The second-order valence-corrected chi connectivity index (χ2v) is 5.94. The molecule has 2 heterocycles. The zero-order chi connectivity index (χ0) is 16.0. The maximum absolute atomic E-state index is 6.15. The van der Waals surface area contributed by atoms with Crippen LogP contribution in [-0.2, 0) is 0 Å². The summed E-state index contributed by atoms with van der Waals surface area (Å²) in [5.74, 6) is 2.51. The third-order valence-corrected chi connectivity index (χ3v) is 4.25. The number of ether oxygens (including phenoxy) is 3. The molecule has 0 bridgehead atoms. The van der Waals surface area contributed by atoms with Gasteiger partial charge in [-0.3, -0.25) is 0 Å². The minimum absolute atomic E-state index is 0.570. The zero-order valence-electron chi connectivity index (χ0n) is 12.4. The highest BCUT2D eigenvalue weighted by atomic mass is 79.9. The number of hydrogen-bond acceptors (Lipinski definition) is 5. The predicted octanol–water partition coefficient (Wildman–Crippen LogP) is 4.89. The third kappa shape index (κ3) is 2.17. The fourth-order valence-corrected chi connectivity index (χ4v) is 3.00. The van der Waals surface area contributed by atoms with Gasteiger partial charge >= 0.3 is 0 Å². The molecule has 0 spiro atoms. The van der Waals surface area contributed by atoms with Crippen molar-refractivity contribution < 1.29 is 18.7 Å². The highest BCUT2D eigenvalue weighted by Crippen LogP contribution is 2.51. The minimum atomic E-state index is 0.570. The van der Waals surface area contributed by atoms with Gasteiger partial charge in [-0.05, 0) is 24.3 Å². The van der Waals surface area contributed by atoms with E-state index >= 15 is 0 Å². The van der Waals surface area contributed by atoms with Gasteiger partial charge in [-0.15, -0.1) is 0 Å². The molecule has 0 radical (unpaired) electrons. The van der Waals surface area contributed by atoms with Gasteiger partial charge in [0, 0.05) is 16.1 Å². The Kier molecular flexibility index (Phi) is 3.27. The number of methoxy groups -OCH3 is 2. The highest BCUT2D eigenvalue weighted by molar-refractivity contribution is 9.10. The average Bonchev–Trinajstić information content (AvgIpc) is 3.00. The Balaban J connectivity index is 2.07. The molecular formula is C17H12BrNO4. The van der Waals surface area contributed by atoms with Gasteiger partial charge in [-0.2, -0.15) is 0 Å². The van der Waals surface area contributed by atoms with Crippen LogP contribution in [0, 0.1) is 0 Å². The number of nitrogens with zero attached hydrogens (tertiary/aromatic N) is 1. The van der Waals surface area contributed by atoms with Crippen LogP contribution < -0.4 is 14.2 Å². The van der Waals surface area contributed by atoms with Crippen molar-refractivity contribution in [3.8, 4) is 45.4 Å². The van der Waals surface area contributed by atoms with Crippen molar-refractivity contribution in [3.63, 3.8) is 0 Å². The van der Waals surface area contributed by atoms with E-state index in [-0.39, 0.29) is 0 Å². The summed E-state index contributed by atoms with van der Waals surface area (Å²) in [6.07, 6.45) is 1.62. The number of fused-ring (bicyclic) bond motifs is 5. The summed E-state index contributed by atoms with van der Waals surface area (Å²) in [4.78, 5) is 0. The highest BCUT2D eigenvalue weighted by Gasteiger charge is 2.27. The van der Waals surface area contributed by atoms with E-state index in [9.17, 15) is 0 Å². The summed E-state index contributed by atoms with van der Waals surface area (Å²) in [6, 6.07) is 9.46. The summed E-state index contributed by atoms with van der Waals surface area (Å²) in [5, 5.41) is 4.15. The molecule has 3 aromatic rings. The monoisotopic (exact) mass is 373 g/mol. The van der Waals surface area contributed by atoms with Crippen LogP contribution in [0.1, 0.15) is 0 Å². The Morgan fingerprint density at radius 2 is 1.87 bits per heavy atom. The Labute approximate surface area is 140 Å². The van der Waals surface area contributed by atoms with Crippen molar-refractivity contribution in [2.24, 2.45) is 0 Å². The molecule has 0 fully saturated rings. The topological polar surface area (TPSA) is 53.7 Å². The van der Waals surface area contributed by atoms with Gasteiger partial charge in [-0.1, -0.05) is 21.1 Å². The number of aromatic nitrogens is 1. The summed E-state index contributed by atoms with van der Waals surface area (Å²) in [6.45, 7) is 0. The van der Waals surface area contributed by atoms with Crippen LogP contribution in [0.3, 0.4) is 0 Å². The largest absolute Gasteiger partial charge is 0.497 e. The van der Waals surface area contributed by atoms with Crippen LogP contribution in [0.2, 0.25) is 0 Å². The van der Waals surface area contributed by atoms with E-state index in [2.05, 4.69) is 21.1 Å². The maximum Gasteiger partial charge on any atom is 0.179 e. The molecule has 0 N–H and O–H groups in total. The maximum atomic E-state index is 6.15. The van der Waals surface area contributed by atoms with E-state index < -0.39 is 0 Å². The first kappa shape index (κ1) is 14.1. The number of rotatable bonds is 2. The molecule has 0 saturated carbocycles. The Bertz CT molecular complexity index is 904. The van der Waals surface area contributed by atoms with Gasteiger partial charge in [-0.25, -0.2) is 0 Å². The van der Waals surface area contributed by atoms with E-state index in [1.54, 1.807) is 26.5 Å². The van der Waals surface area contributed by atoms with Crippen molar-refractivity contribution >= 4 is 15.9 Å². The van der Waals surface area contributed by atoms with Crippen LogP contribution in [0.25, 0.3) is 22.4 Å². The molecule has 116 valence electrons. The van der Waals surface area contributed by atoms with Crippen LogP contribution in [-0.4, -0.2) is 19.4 Å². The van der Waals surface area contributed by atoms with Gasteiger partial charge in [0.05, 0.1) is 25.3 Å². The molecule has 1 aromatic heterocycles. The quantitative estimate of drug-likeness (QED) is 0.500. The summed E-state index contributed by atoms with van der Waals surface area (Å²) in [7, 11) is 3.20. The fraction of sp³-hybridized carbons (Fsp3) is 0.118. The second-order valence-electron chi connectivity index (χ2n) is 5.03. The molecular weight excluding hydrogens is 362 g/mol. The second kappa shape index (κ2) is 5.31. The van der Waals surface area contributed by atoms with Crippen molar-refractivity contribution in [3.05, 3.63) is 41.1 Å². The number of benzene rings is 2. The zero-order valence-corrected chi connectivity index (χ0v) is 14.0. The number of hydrogen-bond donors (Lipinski definition) is 0. The van der Waals surface area contributed by atoms with Crippen LogP contribution >= 0.6 is 15.9 Å². The van der Waals surface area contributed by atoms with E-state index in [1.165, 1.54) is 0 Å². The lowest BCUT2D eigenvalue weighted by atomic mass is 10.0. The normalized spacial score (nSPS) is 11.6. The van der Waals surface area contributed by atoms with Gasteiger partial charge < -0.3 is 18.7 Å². The molecule has 1 aliphatic heterocycles. The molecule has 0 aliphatic carbocycles. The summed E-state index contributed by atoms with van der Waals surface area (Å²) in [5.41, 5.74) is 3.22. The summed E-state index contributed by atoms with van der Waals surface area (Å²) >= 11 is 3.47. The lowest BCUT2D eigenvalue weighted by Crippen LogP contribution is -1.94. The Morgan fingerprint density at radius 1 is 1.00 bits per heavy atom. The van der Waals surface area contributed by atoms with Crippen LogP contribution in [0.5, 0.6) is 23.0 Å². The van der Waals surface area contributed by atoms with Gasteiger partial charge in [0.1, 0.15) is 23.5 Å². The molecule has 0 amide bonds. The van der Waals surface area contributed by atoms with Crippen LogP contribution in [0.4, 0.5) is 0 Å². The first-order valence-electron chi connectivity index (χ1n) is 6.90. The molecule has 0 atom stereocenters. The van der Waals surface area contributed by atoms with E-state index in [0.717, 1.165) is 21.2 Å². The lowest BCUT2D eigenvalue weighted by Gasteiger charge is -2.14. The molecule has 6 heteroatoms. The van der Waals surface area contributed by atoms with Crippen molar-refractivity contribution in [1.29, 1.82) is 0 Å². The molecule has 23 heavy (non-hydrogen) atoms. The van der Waals surface area contributed by atoms with Crippen molar-refractivity contribution in [2.45, 2.75) is 0 Å². The molecule has 5 nitrogen and oxygen atoms in total. The molecule has 4 rings (SSSR count). The SMILES string of the molecule is COc1cc(OC)c2c(c1)-c1nocc1-c1ccc(Br)cc1O2. The molecule has 0 unspecified atom stereocenters. The third-order valence-electron chi connectivity index (χ3n) is 3.75. The van der Waals surface area contributed by atoms with Crippen molar-refractivity contribution in [1.82, 2.24) is 5.16 Å². The Hall–Kier alpha value is -2.47. The van der Waals surface area contributed by atoms with Gasteiger partial charge in [0.2, 0.25) is 0 Å². The number of halogens is 1. The van der Waals surface area contributed by atoms with E-state index in [0.29, 0.717) is 28.7 Å². The molecule has 1 aliphatic rings. The lowest BCUT2D eigenvalue weighted by molar-refractivity contribution is 0.369. The Morgan fingerprint density at radius 3 is 2.65 bits per heavy atom.